The summed E-state index contributed by atoms with van der Waals surface area (Å²) < 4.78 is 6.10. The zero-order valence-electron chi connectivity index (χ0n) is 15.1. The Bertz CT molecular complexity index is 430. The van der Waals surface area contributed by atoms with Gasteiger partial charge in [-0.3, -0.25) is 14.5 Å². The molecule has 1 N–H and O–H groups in total. The number of amides is 2. The first-order chi connectivity index (χ1) is 10.9. The molecule has 1 aliphatic heterocycles. The highest BCUT2D eigenvalue weighted by atomic mass is 16.5. The number of hydrogen-bond donors (Lipinski definition) is 1. The fraction of sp³-hybridized carbons (Fsp3) is 0.889. The molecule has 0 radical (unpaired) electrons. The van der Waals surface area contributed by atoms with E-state index in [2.05, 4.69) is 12.2 Å². The van der Waals surface area contributed by atoms with E-state index >= 15 is 0 Å². The third-order valence-electron chi connectivity index (χ3n) is 5.35. The van der Waals surface area contributed by atoms with Crippen molar-refractivity contribution in [3.05, 3.63) is 0 Å². The van der Waals surface area contributed by atoms with Gasteiger partial charge in [-0.25, -0.2) is 0 Å². The molecule has 2 atom stereocenters. The molecule has 23 heavy (non-hydrogen) atoms. The number of hydrogen-bond acceptors (Lipinski definition) is 3. The Morgan fingerprint density at radius 2 is 1.96 bits per heavy atom. The maximum Gasteiger partial charge on any atom is 0.245 e. The lowest BCUT2D eigenvalue weighted by atomic mass is 9.83. The van der Waals surface area contributed by atoms with Crippen LogP contribution in [0.3, 0.4) is 0 Å². The normalized spacial score (nSPS) is 32.1. The molecular formula is C18H32N2O3. The molecule has 0 unspecified atom stereocenters. The van der Waals surface area contributed by atoms with Crippen molar-refractivity contribution in [1.82, 2.24) is 10.2 Å². The lowest BCUT2D eigenvalue weighted by Gasteiger charge is -2.43. The lowest BCUT2D eigenvalue weighted by Crippen LogP contribution is -2.57. The van der Waals surface area contributed by atoms with Crippen molar-refractivity contribution in [2.75, 3.05) is 6.61 Å². The smallest absolute Gasteiger partial charge is 0.245 e. The van der Waals surface area contributed by atoms with Crippen LogP contribution < -0.4 is 5.32 Å². The Morgan fingerprint density at radius 3 is 2.52 bits per heavy atom. The Kier molecular flexibility index (Phi) is 6.06. The molecular weight excluding hydrogens is 292 g/mol. The molecule has 5 heteroatoms. The van der Waals surface area contributed by atoms with Crippen LogP contribution in [0.4, 0.5) is 0 Å². The van der Waals surface area contributed by atoms with Crippen molar-refractivity contribution in [1.29, 1.82) is 0 Å². The van der Waals surface area contributed by atoms with E-state index in [9.17, 15) is 9.59 Å². The van der Waals surface area contributed by atoms with Crippen molar-refractivity contribution >= 4 is 11.8 Å². The van der Waals surface area contributed by atoms with Gasteiger partial charge < -0.3 is 10.1 Å². The van der Waals surface area contributed by atoms with Gasteiger partial charge in [0.1, 0.15) is 11.8 Å². The summed E-state index contributed by atoms with van der Waals surface area (Å²) in [6.07, 6.45) is 5.94. The van der Waals surface area contributed by atoms with Gasteiger partial charge in [0.25, 0.3) is 0 Å². The van der Waals surface area contributed by atoms with E-state index in [1.807, 2.05) is 20.8 Å². The van der Waals surface area contributed by atoms with Gasteiger partial charge >= 0.3 is 0 Å². The average Bonchev–Trinajstić information content (AvgIpc) is 2.90. The van der Waals surface area contributed by atoms with Crippen molar-refractivity contribution in [3.63, 3.8) is 0 Å². The van der Waals surface area contributed by atoms with E-state index in [1.54, 1.807) is 4.90 Å². The van der Waals surface area contributed by atoms with Gasteiger partial charge in [0.05, 0.1) is 6.61 Å². The monoisotopic (exact) mass is 324 g/mol. The molecule has 0 aromatic heterocycles. The third kappa shape index (κ3) is 3.87. The Hall–Kier alpha value is -1.10. The Morgan fingerprint density at radius 1 is 1.30 bits per heavy atom. The molecule has 0 bridgehead atoms. The number of carbonyl (C=O) groups is 2. The molecule has 2 amide bonds. The largest absolute Gasteiger partial charge is 0.353 e. The van der Waals surface area contributed by atoms with Gasteiger partial charge in [-0.1, -0.05) is 20.8 Å². The summed E-state index contributed by atoms with van der Waals surface area (Å²) in [5.74, 6) is 0.656. The number of carbonyl (C=O) groups excluding carboxylic acids is 2. The number of nitrogens with zero attached hydrogens (tertiary/aromatic N) is 1. The van der Waals surface area contributed by atoms with Gasteiger partial charge in [0, 0.05) is 12.5 Å². The molecule has 132 valence electrons. The quantitative estimate of drug-likeness (QED) is 0.846. The summed E-state index contributed by atoms with van der Waals surface area (Å²) in [5, 5.41) is 3.02. The Labute approximate surface area is 140 Å². The summed E-state index contributed by atoms with van der Waals surface area (Å²) >= 11 is 0. The van der Waals surface area contributed by atoms with Crippen molar-refractivity contribution in [3.8, 4) is 0 Å². The second kappa shape index (κ2) is 7.65. The highest BCUT2D eigenvalue weighted by Crippen LogP contribution is 2.42. The highest BCUT2D eigenvalue weighted by Gasteiger charge is 2.53. The average molecular weight is 324 g/mol. The SMILES string of the molecule is CCCC(=O)N1[C@@H](C(=O)N[C@@H](C)CC)COC12CCC(C)CC2. The molecule has 0 aromatic rings. The number of nitrogens with one attached hydrogen (secondary N) is 1. The predicted octanol–water partition coefficient (Wildman–Crippen LogP) is 2.84. The van der Waals surface area contributed by atoms with E-state index in [-0.39, 0.29) is 17.9 Å². The van der Waals surface area contributed by atoms with Crippen LogP contribution in [-0.2, 0) is 14.3 Å². The molecule has 1 saturated heterocycles. The summed E-state index contributed by atoms with van der Waals surface area (Å²) in [4.78, 5) is 27.2. The standard InChI is InChI=1S/C18H32N2O3/c1-5-7-16(21)20-15(17(22)19-14(4)6-2)12-23-18(20)10-8-13(3)9-11-18/h13-15H,5-12H2,1-4H3,(H,19,22)/t13?,14-,15+,18?/m0/s1. The molecule has 0 aromatic carbocycles. The van der Waals surface area contributed by atoms with Crippen molar-refractivity contribution in [2.45, 2.75) is 90.4 Å². The van der Waals surface area contributed by atoms with E-state index in [0.717, 1.165) is 38.5 Å². The van der Waals surface area contributed by atoms with E-state index in [4.69, 9.17) is 4.74 Å². The maximum absolute atomic E-state index is 12.7. The summed E-state index contributed by atoms with van der Waals surface area (Å²) in [5.41, 5.74) is -0.545. The van der Waals surface area contributed by atoms with Gasteiger partial charge in [-0.15, -0.1) is 0 Å². The molecule has 1 spiro atoms. The fourth-order valence-electron chi connectivity index (χ4n) is 3.63. The first-order valence-corrected chi connectivity index (χ1v) is 9.20. The zero-order valence-corrected chi connectivity index (χ0v) is 15.1. The van der Waals surface area contributed by atoms with E-state index in [0.29, 0.717) is 18.9 Å². The first-order valence-electron chi connectivity index (χ1n) is 9.20. The number of ether oxygens (including phenoxy) is 1. The van der Waals surface area contributed by atoms with E-state index < -0.39 is 11.8 Å². The van der Waals surface area contributed by atoms with Gasteiger partial charge in [0.2, 0.25) is 11.8 Å². The summed E-state index contributed by atoms with van der Waals surface area (Å²) in [7, 11) is 0. The van der Waals surface area contributed by atoms with Crippen LogP contribution in [0.2, 0.25) is 0 Å². The second-order valence-electron chi connectivity index (χ2n) is 7.29. The molecule has 2 fully saturated rings. The van der Waals surface area contributed by atoms with Crippen LogP contribution in [0.1, 0.15) is 72.6 Å². The lowest BCUT2D eigenvalue weighted by molar-refractivity contribution is -0.161. The Balaban J connectivity index is 2.18. The fourth-order valence-corrected chi connectivity index (χ4v) is 3.63. The highest BCUT2D eigenvalue weighted by molar-refractivity contribution is 5.89. The molecule has 1 saturated carbocycles. The molecule has 2 aliphatic rings. The minimum atomic E-state index is -0.545. The van der Waals surface area contributed by atoms with Gasteiger partial charge in [0.15, 0.2) is 0 Å². The van der Waals surface area contributed by atoms with Crippen LogP contribution in [0.25, 0.3) is 0 Å². The molecule has 1 heterocycles. The minimum absolute atomic E-state index is 0.0591. The minimum Gasteiger partial charge on any atom is -0.353 e. The van der Waals surface area contributed by atoms with Crippen molar-refractivity contribution < 1.29 is 14.3 Å². The van der Waals surface area contributed by atoms with Crippen LogP contribution in [0, 0.1) is 5.92 Å². The zero-order chi connectivity index (χ0) is 17.0. The van der Waals surface area contributed by atoms with Crippen molar-refractivity contribution in [2.24, 2.45) is 5.92 Å². The van der Waals surface area contributed by atoms with Crippen LogP contribution in [-0.4, -0.2) is 41.1 Å². The summed E-state index contributed by atoms with van der Waals surface area (Å²) in [6, 6.07) is -0.356. The molecule has 2 rings (SSSR count). The number of rotatable bonds is 5. The second-order valence-corrected chi connectivity index (χ2v) is 7.29. The third-order valence-corrected chi connectivity index (χ3v) is 5.35. The van der Waals surface area contributed by atoms with E-state index in [1.165, 1.54) is 0 Å². The van der Waals surface area contributed by atoms with Gasteiger partial charge in [-0.05, 0) is 51.4 Å². The van der Waals surface area contributed by atoms with Crippen LogP contribution >= 0.6 is 0 Å². The molecule has 5 nitrogen and oxygen atoms in total. The van der Waals surface area contributed by atoms with Crippen LogP contribution in [0.5, 0.6) is 0 Å². The first kappa shape index (κ1) is 18.2. The molecule has 1 aliphatic carbocycles. The topological polar surface area (TPSA) is 58.6 Å². The maximum atomic E-state index is 12.7. The van der Waals surface area contributed by atoms with Gasteiger partial charge in [-0.2, -0.15) is 0 Å². The predicted molar refractivity (Wildman–Crippen MR) is 89.8 cm³/mol. The van der Waals surface area contributed by atoms with Crippen LogP contribution in [0.15, 0.2) is 0 Å². The summed E-state index contributed by atoms with van der Waals surface area (Å²) in [6.45, 7) is 8.60.